The quantitative estimate of drug-likeness (QED) is 0.605. The maximum absolute atomic E-state index is 12.2. The van der Waals surface area contributed by atoms with Crippen LogP contribution in [0.3, 0.4) is 0 Å². The first-order valence-electron chi connectivity index (χ1n) is 7.08. The fourth-order valence-corrected chi connectivity index (χ4v) is 3.01. The maximum atomic E-state index is 12.2. The fourth-order valence-electron chi connectivity index (χ4n) is 2.63. The van der Waals surface area contributed by atoms with E-state index in [-0.39, 0.29) is 11.7 Å². The third-order valence-electron chi connectivity index (χ3n) is 3.74. The van der Waals surface area contributed by atoms with E-state index in [0.717, 1.165) is 30.2 Å². The molecule has 21 heavy (non-hydrogen) atoms. The number of rotatable bonds is 2. The molecule has 0 saturated heterocycles. The molecule has 2 aromatic rings. The lowest BCUT2D eigenvalue weighted by atomic mass is 9.98. The molecule has 1 aromatic carbocycles. The minimum Gasteiger partial charge on any atom is -0.459 e. The molecule has 0 atom stereocenters. The zero-order chi connectivity index (χ0) is 14.8. The van der Waals surface area contributed by atoms with Crippen LogP contribution in [0, 0.1) is 0 Å². The Morgan fingerprint density at radius 2 is 1.95 bits per heavy atom. The Labute approximate surface area is 130 Å². The standard InChI is InChI=1S/C16H15BrO4/c17-11-6-7-14-10(8-11)9-13(16(19)21-14)15(18)20-12-4-2-1-3-5-12/h6-9,12H,1-5H2. The number of esters is 1. The molecule has 0 N–H and O–H groups in total. The lowest BCUT2D eigenvalue weighted by Crippen LogP contribution is -2.24. The van der Waals surface area contributed by atoms with E-state index in [9.17, 15) is 9.59 Å². The van der Waals surface area contributed by atoms with Crippen molar-refractivity contribution in [3.63, 3.8) is 0 Å². The largest absolute Gasteiger partial charge is 0.459 e. The smallest absolute Gasteiger partial charge is 0.351 e. The van der Waals surface area contributed by atoms with Gasteiger partial charge in [0, 0.05) is 9.86 Å². The molecule has 3 rings (SSSR count). The molecule has 1 fully saturated rings. The topological polar surface area (TPSA) is 56.5 Å². The first-order valence-corrected chi connectivity index (χ1v) is 7.87. The van der Waals surface area contributed by atoms with Crippen molar-refractivity contribution in [2.45, 2.75) is 38.2 Å². The molecular formula is C16H15BrO4. The van der Waals surface area contributed by atoms with Gasteiger partial charge in [0.2, 0.25) is 0 Å². The summed E-state index contributed by atoms with van der Waals surface area (Å²) < 4.78 is 11.5. The molecule has 0 unspecified atom stereocenters. The summed E-state index contributed by atoms with van der Waals surface area (Å²) in [6.07, 6.45) is 4.98. The van der Waals surface area contributed by atoms with Gasteiger partial charge in [0.25, 0.3) is 0 Å². The van der Waals surface area contributed by atoms with Gasteiger partial charge in [-0.1, -0.05) is 22.4 Å². The summed E-state index contributed by atoms with van der Waals surface area (Å²) in [6.45, 7) is 0. The van der Waals surface area contributed by atoms with Gasteiger partial charge in [-0.25, -0.2) is 9.59 Å². The molecule has 0 radical (unpaired) electrons. The monoisotopic (exact) mass is 350 g/mol. The van der Waals surface area contributed by atoms with Gasteiger partial charge >= 0.3 is 11.6 Å². The lowest BCUT2D eigenvalue weighted by Gasteiger charge is -2.21. The Balaban J connectivity index is 1.89. The molecule has 1 heterocycles. The predicted molar refractivity (Wildman–Crippen MR) is 82.5 cm³/mol. The summed E-state index contributed by atoms with van der Waals surface area (Å²) in [4.78, 5) is 24.1. The number of carbonyl (C=O) groups excluding carboxylic acids is 1. The number of benzene rings is 1. The molecule has 0 amide bonds. The van der Waals surface area contributed by atoms with Gasteiger partial charge in [-0.3, -0.25) is 0 Å². The summed E-state index contributed by atoms with van der Waals surface area (Å²) in [5, 5.41) is 0.694. The second-order valence-corrected chi connectivity index (χ2v) is 6.21. The van der Waals surface area contributed by atoms with Crippen LogP contribution in [-0.4, -0.2) is 12.1 Å². The van der Waals surface area contributed by atoms with Crippen LogP contribution in [0.4, 0.5) is 0 Å². The van der Waals surface area contributed by atoms with Crippen molar-refractivity contribution in [1.29, 1.82) is 0 Å². The zero-order valence-electron chi connectivity index (χ0n) is 11.4. The highest BCUT2D eigenvalue weighted by atomic mass is 79.9. The van der Waals surface area contributed by atoms with Crippen molar-refractivity contribution in [2.75, 3.05) is 0 Å². The normalized spacial score (nSPS) is 16.0. The second-order valence-electron chi connectivity index (χ2n) is 5.30. The molecule has 1 aromatic heterocycles. The van der Waals surface area contributed by atoms with Crippen molar-refractivity contribution in [2.24, 2.45) is 0 Å². The van der Waals surface area contributed by atoms with E-state index in [2.05, 4.69) is 15.9 Å². The molecule has 1 saturated carbocycles. The first kappa shape index (κ1) is 14.3. The van der Waals surface area contributed by atoms with Crippen molar-refractivity contribution >= 4 is 32.9 Å². The van der Waals surface area contributed by atoms with Gasteiger partial charge in [-0.05, 0) is 49.9 Å². The van der Waals surface area contributed by atoms with Gasteiger partial charge in [0.15, 0.2) is 0 Å². The van der Waals surface area contributed by atoms with E-state index < -0.39 is 11.6 Å². The number of fused-ring (bicyclic) bond motifs is 1. The van der Waals surface area contributed by atoms with E-state index in [4.69, 9.17) is 9.15 Å². The van der Waals surface area contributed by atoms with Gasteiger partial charge in [-0.2, -0.15) is 0 Å². The highest BCUT2D eigenvalue weighted by Crippen LogP contribution is 2.22. The molecular weight excluding hydrogens is 336 g/mol. The molecule has 0 spiro atoms. The Morgan fingerprint density at radius 1 is 1.19 bits per heavy atom. The van der Waals surface area contributed by atoms with Crippen LogP contribution >= 0.6 is 15.9 Å². The van der Waals surface area contributed by atoms with E-state index in [1.807, 2.05) is 0 Å². The van der Waals surface area contributed by atoms with E-state index in [0.29, 0.717) is 11.0 Å². The summed E-state index contributed by atoms with van der Waals surface area (Å²) in [5.41, 5.74) is -0.228. The maximum Gasteiger partial charge on any atom is 0.351 e. The van der Waals surface area contributed by atoms with Crippen molar-refractivity contribution in [3.05, 3.63) is 44.7 Å². The summed E-state index contributed by atoms with van der Waals surface area (Å²) >= 11 is 3.36. The van der Waals surface area contributed by atoms with Gasteiger partial charge in [0.05, 0.1) is 0 Å². The molecule has 0 bridgehead atoms. The molecule has 0 aliphatic heterocycles. The average Bonchev–Trinajstić information content (AvgIpc) is 2.48. The number of hydrogen-bond donors (Lipinski definition) is 0. The lowest BCUT2D eigenvalue weighted by molar-refractivity contribution is 0.0207. The van der Waals surface area contributed by atoms with Crippen LogP contribution in [0.2, 0.25) is 0 Å². The van der Waals surface area contributed by atoms with Crippen LogP contribution in [0.1, 0.15) is 42.5 Å². The number of hydrogen-bond acceptors (Lipinski definition) is 4. The predicted octanol–water partition coefficient (Wildman–Crippen LogP) is 4.05. The second kappa shape index (κ2) is 6.02. The van der Waals surface area contributed by atoms with Crippen molar-refractivity contribution in [1.82, 2.24) is 0 Å². The SMILES string of the molecule is O=C(OC1CCCCC1)c1cc2cc(Br)ccc2oc1=O. The highest BCUT2D eigenvalue weighted by Gasteiger charge is 2.21. The Morgan fingerprint density at radius 3 is 2.71 bits per heavy atom. The van der Waals surface area contributed by atoms with Crippen LogP contribution in [0.25, 0.3) is 11.0 Å². The first-order chi connectivity index (χ1) is 10.1. The van der Waals surface area contributed by atoms with Crippen LogP contribution in [0.15, 0.2) is 37.9 Å². The Kier molecular flexibility index (Phi) is 4.10. The number of ether oxygens (including phenoxy) is 1. The molecule has 1 aliphatic rings. The average molecular weight is 351 g/mol. The van der Waals surface area contributed by atoms with Crippen molar-refractivity contribution < 1.29 is 13.9 Å². The molecule has 5 heteroatoms. The summed E-state index contributed by atoms with van der Waals surface area (Å²) in [6, 6.07) is 6.81. The fraction of sp³-hybridized carbons (Fsp3) is 0.375. The van der Waals surface area contributed by atoms with Gasteiger partial charge in [-0.15, -0.1) is 0 Å². The highest BCUT2D eigenvalue weighted by molar-refractivity contribution is 9.10. The third-order valence-corrected chi connectivity index (χ3v) is 4.23. The van der Waals surface area contributed by atoms with E-state index >= 15 is 0 Å². The number of halogens is 1. The summed E-state index contributed by atoms with van der Waals surface area (Å²) in [5.74, 6) is -0.586. The molecule has 4 nitrogen and oxygen atoms in total. The van der Waals surface area contributed by atoms with Crippen LogP contribution < -0.4 is 5.63 Å². The zero-order valence-corrected chi connectivity index (χ0v) is 13.0. The van der Waals surface area contributed by atoms with Gasteiger partial charge in [0.1, 0.15) is 17.3 Å². The van der Waals surface area contributed by atoms with Gasteiger partial charge < -0.3 is 9.15 Å². The van der Waals surface area contributed by atoms with Crippen LogP contribution in [0.5, 0.6) is 0 Å². The molecule has 110 valence electrons. The Bertz CT molecular complexity index is 729. The van der Waals surface area contributed by atoms with Crippen LogP contribution in [-0.2, 0) is 4.74 Å². The van der Waals surface area contributed by atoms with E-state index in [1.165, 1.54) is 12.5 Å². The minimum atomic E-state index is -0.648. The van der Waals surface area contributed by atoms with E-state index in [1.54, 1.807) is 18.2 Å². The van der Waals surface area contributed by atoms with Crippen molar-refractivity contribution in [3.8, 4) is 0 Å². The number of carbonyl (C=O) groups is 1. The minimum absolute atomic E-state index is 0.0360. The summed E-state index contributed by atoms with van der Waals surface area (Å²) in [7, 11) is 0. The Hall–Kier alpha value is -1.62. The molecule has 1 aliphatic carbocycles. The third kappa shape index (κ3) is 3.18.